The number of likely N-dealkylation sites (tertiary alicyclic amines) is 1. The summed E-state index contributed by atoms with van der Waals surface area (Å²) >= 11 is 5.81. The topological polar surface area (TPSA) is 28.9 Å². The average molecular weight is 347 g/mol. The molecule has 0 spiro atoms. The predicted octanol–water partition coefficient (Wildman–Crippen LogP) is 1.24. The first-order chi connectivity index (χ1) is 11.6. The Balaban J connectivity index is 1.56. The number of aryl methyl sites for hydroxylation is 1. The van der Waals surface area contributed by atoms with Gasteiger partial charge in [-0.1, -0.05) is 17.7 Å². The Hall–Kier alpha value is -1.17. The van der Waals surface area contributed by atoms with Gasteiger partial charge in [-0.15, -0.1) is 0 Å². The van der Waals surface area contributed by atoms with Gasteiger partial charge in [-0.05, 0) is 43.6 Å². The predicted molar refractivity (Wildman–Crippen MR) is 101 cm³/mol. The van der Waals surface area contributed by atoms with Crippen LogP contribution in [-0.2, 0) is 4.74 Å². The van der Waals surface area contributed by atoms with E-state index in [9.17, 15) is 0 Å². The fourth-order valence-corrected chi connectivity index (χ4v) is 4.87. The van der Waals surface area contributed by atoms with Crippen molar-refractivity contribution in [1.82, 2.24) is 5.32 Å². The van der Waals surface area contributed by atoms with Crippen molar-refractivity contribution in [2.75, 3.05) is 38.2 Å². The lowest BCUT2D eigenvalue weighted by atomic mass is 9.89. The Morgan fingerprint density at radius 1 is 1.42 bits per heavy atom. The molecule has 0 radical (unpaired) electrons. The van der Waals surface area contributed by atoms with Crippen LogP contribution < -0.4 is 15.1 Å². The van der Waals surface area contributed by atoms with Crippen LogP contribution in [0.3, 0.4) is 0 Å². The largest absolute Gasteiger partial charge is 0.376 e. The minimum atomic E-state index is 0.320. The lowest BCUT2D eigenvalue weighted by Gasteiger charge is -2.35. The van der Waals surface area contributed by atoms with Crippen molar-refractivity contribution in [2.24, 2.45) is 0 Å². The van der Waals surface area contributed by atoms with Crippen LogP contribution in [0.2, 0.25) is 0 Å². The average Bonchev–Trinajstić information content (AvgIpc) is 3.18. The second-order valence-corrected chi connectivity index (χ2v) is 8.01. The number of hydrogen-bond donors (Lipinski definition) is 2. The lowest BCUT2D eigenvalue weighted by Crippen LogP contribution is -3.11. The number of piperidine rings is 1. The summed E-state index contributed by atoms with van der Waals surface area (Å²) in [5.41, 5.74) is 4.14. The van der Waals surface area contributed by atoms with E-state index in [1.807, 2.05) is 0 Å². The van der Waals surface area contributed by atoms with Gasteiger partial charge < -0.3 is 19.9 Å². The van der Waals surface area contributed by atoms with Crippen molar-refractivity contribution in [3.05, 3.63) is 29.3 Å². The zero-order chi connectivity index (χ0) is 16.7. The molecule has 0 aromatic heterocycles. The first-order valence-electron chi connectivity index (χ1n) is 9.24. The Bertz CT molecular complexity index is 629. The van der Waals surface area contributed by atoms with E-state index in [1.165, 1.54) is 42.7 Å². The van der Waals surface area contributed by atoms with Crippen LogP contribution >= 0.6 is 12.2 Å². The molecule has 2 fully saturated rings. The molecule has 0 saturated carbocycles. The van der Waals surface area contributed by atoms with Gasteiger partial charge >= 0.3 is 0 Å². The van der Waals surface area contributed by atoms with E-state index in [0.29, 0.717) is 18.1 Å². The van der Waals surface area contributed by atoms with E-state index in [-0.39, 0.29) is 0 Å². The zero-order valence-corrected chi connectivity index (χ0v) is 15.5. The van der Waals surface area contributed by atoms with E-state index in [1.54, 1.807) is 4.90 Å². The molecule has 3 aliphatic heterocycles. The summed E-state index contributed by atoms with van der Waals surface area (Å²) in [5.74, 6) is 0.594. The highest BCUT2D eigenvalue weighted by Crippen LogP contribution is 2.43. The number of nitrogens with one attached hydrogen (secondary N) is 2. The fourth-order valence-electron chi connectivity index (χ4n) is 4.56. The molecule has 1 unspecified atom stereocenters. The SMILES string of the molecule is Cc1ccc2c(c1)[C@@H]1C[NH+](C)CC[C@@H]1N2C(=S)NC[C@@H]1CCCO1. The van der Waals surface area contributed by atoms with Gasteiger partial charge in [0.2, 0.25) is 0 Å². The van der Waals surface area contributed by atoms with Gasteiger partial charge in [0, 0.05) is 25.3 Å². The van der Waals surface area contributed by atoms with Gasteiger partial charge in [-0.3, -0.25) is 0 Å². The molecule has 4 atom stereocenters. The van der Waals surface area contributed by atoms with Crippen molar-refractivity contribution in [3.8, 4) is 0 Å². The zero-order valence-electron chi connectivity index (χ0n) is 14.7. The molecule has 1 aromatic carbocycles. The number of likely N-dealkylation sites (N-methyl/N-ethyl adjacent to an activating group) is 1. The summed E-state index contributed by atoms with van der Waals surface area (Å²) in [7, 11) is 2.31. The molecule has 4 nitrogen and oxygen atoms in total. The van der Waals surface area contributed by atoms with Crippen LogP contribution in [0, 0.1) is 6.92 Å². The normalized spacial score (nSPS) is 31.7. The van der Waals surface area contributed by atoms with Crippen LogP contribution in [0.1, 0.15) is 36.3 Å². The van der Waals surface area contributed by atoms with Crippen LogP contribution in [0.25, 0.3) is 0 Å². The summed E-state index contributed by atoms with van der Waals surface area (Å²) in [4.78, 5) is 4.03. The van der Waals surface area contributed by atoms with Crippen LogP contribution in [0.5, 0.6) is 0 Å². The lowest BCUT2D eigenvalue weighted by molar-refractivity contribution is -0.886. The molecular formula is C19H28N3OS+. The number of hydrogen-bond acceptors (Lipinski definition) is 2. The maximum absolute atomic E-state index is 5.81. The minimum Gasteiger partial charge on any atom is -0.376 e. The molecular weight excluding hydrogens is 318 g/mol. The summed E-state index contributed by atoms with van der Waals surface area (Å²) in [5, 5.41) is 4.37. The molecule has 3 heterocycles. The minimum absolute atomic E-state index is 0.320. The second kappa shape index (κ2) is 6.62. The molecule has 3 aliphatic rings. The first kappa shape index (κ1) is 16.3. The highest BCUT2D eigenvalue weighted by molar-refractivity contribution is 7.80. The van der Waals surface area contributed by atoms with Gasteiger partial charge in [0.05, 0.1) is 38.2 Å². The Morgan fingerprint density at radius 3 is 3.08 bits per heavy atom. The number of rotatable bonds is 2. The molecule has 5 heteroatoms. The van der Waals surface area contributed by atoms with E-state index < -0.39 is 0 Å². The molecule has 24 heavy (non-hydrogen) atoms. The molecule has 2 N–H and O–H groups in total. The third-order valence-electron chi connectivity index (χ3n) is 5.80. The number of thiocarbonyl (C=S) groups is 1. The van der Waals surface area contributed by atoms with Gasteiger partial charge in [0.15, 0.2) is 5.11 Å². The molecule has 1 aromatic rings. The Labute approximate surface area is 150 Å². The number of anilines is 1. The number of fused-ring (bicyclic) bond motifs is 3. The quantitative estimate of drug-likeness (QED) is 0.789. The summed E-state index contributed by atoms with van der Waals surface area (Å²) in [6.45, 7) is 6.33. The standard InChI is InChI=1S/C19H27N3OS/c1-13-5-6-17-15(10-13)16-12-21(2)8-7-18(16)22(17)19(24)20-11-14-4-3-9-23-14/h5-6,10,14,16,18H,3-4,7-9,11-12H2,1-2H3,(H,20,24)/p+1/t14-,16-,18-/m0/s1. The molecule has 2 saturated heterocycles. The third-order valence-corrected chi connectivity index (χ3v) is 6.14. The molecule has 0 aliphatic carbocycles. The van der Waals surface area contributed by atoms with E-state index in [0.717, 1.165) is 24.7 Å². The monoisotopic (exact) mass is 346 g/mol. The number of ether oxygens (including phenoxy) is 1. The van der Waals surface area contributed by atoms with Crippen molar-refractivity contribution >= 4 is 23.0 Å². The Kier molecular flexibility index (Phi) is 4.50. The third kappa shape index (κ3) is 2.93. The summed E-state index contributed by atoms with van der Waals surface area (Å²) < 4.78 is 5.73. The summed E-state index contributed by atoms with van der Waals surface area (Å²) in [6.07, 6.45) is 3.84. The van der Waals surface area contributed by atoms with Crippen LogP contribution in [-0.4, -0.2) is 50.5 Å². The van der Waals surface area contributed by atoms with Gasteiger partial charge in [0.25, 0.3) is 0 Å². The Morgan fingerprint density at radius 2 is 2.29 bits per heavy atom. The van der Waals surface area contributed by atoms with Crippen molar-refractivity contribution in [1.29, 1.82) is 0 Å². The second-order valence-electron chi connectivity index (χ2n) is 7.63. The van der Waals surface area contributed by atoms with E-state index in [4.69, 9.17) is 17.0 Å². The van der Waals surface area contributed by atoms with Crippen molar-refractivity contribution < 1.29 is 9.64 Å². The van der Waals surface area contributed by atoms with Gasteiger partial charge in [-0.25, -0.2) is 0 Å². The number of quaternary nitrogens is 1. The van der Waals surface area contributed by atoms with Gasteiger partial charge in [-0.2, -0.15) is 0 Å². The smallest absolute Gasteiger partial charge is 0.173 e. The van der Waals surface area contributed by atoms with Crippen LogP contribution in [0.15, 0.2) is 18.2 Å². The molecule has 0 amide bonds. The highest BCUT2D eigenvalue weighted by atomic mass is 32.1. The highest BCUT2D eigenvalue weighted by Gasteiger charge is 2.44. The number of nitrogens with zero attached hydrogens (tertiary/aromatic N) is 1. The van der Waals surface area contributed by atoms with Gasteiger partial charge in [0.1, 0.15) is 0 Å². The molecule has 0 bridgehead atoms. The van der Waals surface area contributed by atoms with E-state index >= 15 is 0 Å². The maximum atomic E-state index is 5.81. The summed E-state index contributed by atoms with van der Waals surface area (Å²) in [6, 6.07) is 7.35. The fraction of sp³-hybridized carbons (Fsp3) is 0.632. The molecule has 4 rings (SSSR count). The first-order valence-corrected chi connectivity index (χ1v) is 9.65. The van der Waals surface area contributed by atoms with E-state index in [2.05, 4.69) is 42.4 Å². The molecule has 130 valence electrons. The van der Waals surface area contributed by atoms with Crippen molar-refractivity contribution in [2.45, 2.75) is 44.2 Å². The maximum Gasteiger partial charge on any atom is 0.173 e. The van der Waals surface area contributed by atoms with Crippen LogP contribution in [0.4, 0.5) is 5.69 Å². The van der Waals surface area contributed by atoms with Crippen molar-refractivity contribution in [3.63, 3.8) is 0 Å². The number of benzene rings is 1.